The minimum absolute atomic E-state index is 0. The van der Waals surface area contributed by atoms with Gasteiger partial charge in [-0.15, -0.1) is 24.0 Å². The van der Waals surface area contributed by atoms with Crippen LogP contribution in [0.4, 0.5) is 14.5 Å². The first kappa shape index (κ1) is 16.8. The number of aliphatic imine (C=N–C) groups is 1. The normalized spacial score (nSPS) is 10.6. The van der Waals surface area contributed by atoms with Crippen molar-refractivity contribution in [1.82, 2.24) is 0 Å². The lowest BCUT2D eigenvalue weighted by Crippen LogP contribution is -2.23. The first-order valence-electron chi connectivity index (χ1n) is 5.14. The molecule has 100 valence electrons. The Morgan fingerprint density at radius 1 is 1.39 bits per heavy atom. The van der Waals surface area contributed by atoms with Gasteiger partial charge in [-0.3, -0.25) is 0 Å². The van der Waals surface area contributed by atoms with Crippen molar-refractivity contribution in [1.29, 1.82) is 0 Å². The lowest BCUT2D eigenvalue weighted by molar-refractivity contribution is 0.604. The van der Waals surface area contributed by atoms with E-state index in [1.807, 2.05) is 19.9 Å². The highest BCUT2D eigenvalue weighted by atomic mass is 127. The highest BCUT2D eigenvalue weighted by Gasteiger charge is 2.04. The van der Waals surface area contributed by atoms with Gasteiger partial charge in [0.15, 0.2) is 5.96 Å². The second kappa shape index (κ2) is 8.02. The van der Waals surface area contributed by atoms with Gasteiger partial charge < -0.3 is 11.1 Å². The number of hydrogen-bond donors (Lipinski definition) is 2. The van der Waals surface area contributed by atoms with Gasteiger partial charge in [-0.1, -0.05) is 11.6 Å². The molecule has 0 fully saturated rings. The number of nitrogens with zero attached hydrogens (tertiary/aromatic N) is 1. The fraction of sp³-hybridized carbons (Fsp3) is 0.250. The van der Waals surface area contributed by atoms with Crippen molar-refractivity contribution < 1.29 is 8.78 Å². The summed E-state index contributed by atoms with van der Waals surface area (Å²) in [7, 11) is 0. The van der Waals surface area contributed by atoms with E-state index in [0.29, 0.717) is 6.54 Å². The highest BCUT2D eigenvalue weighted by Crippen LogP contribution is 2.14. The minimum atomic E-state index is -0.577. The van der Waals surface area contributed by atoms with Crippen LogP contribution in [0.3, 0.4) is 0 Å². The van der Waals surface area contributed by atoms with E-state index in [1.54, 1.807) is 0 Å². The molecule has 0 saturated carbocycles. The van der Waals surface area contributed by atoms with Gasteiger partial charge in [0, 0.05) is 6.07 Å². The number of nitrogens with two attached hydrogens (primary N) is 1. The van der Waals surface area contributed by atoms with Crippen LogP contribution >= 0.6 is 24.0 Å². The zero-order valence-corrected chi connectivity index (χ0v) is 12.5. The Morgan fingerprint density at radius 3 is 2.67 bits per heavy atom. The van der Waals surface area contributed by atoms with Gasteiger partial charge in [0.25, 0.3) is 0 Å². The molecule has 18 heavy (non-hydrogen) atoms. The van der Waals surface area contributed by atoms with Crippen LogP contribution in [-0.4, -0.2) is 12.5 Å². The summed E-state index contributed by atoms with van der Waals surface area (Å²) in [6, 6.07) is 3.09. The molecule has 0 bridgehead atoms. The van der Waals surface area contributed by atoms with Gasteiger partial charge in [-0.25, -0.2) is 13.8 Å². The number of guanidine groups is 1. The summed E-state index contributed by atoms with van der Waals surface area (Å²) in [4.78, 5) is 3.95. The molecule has 0 unspecified atom stereocenters. The van der Waals surface area contributed by atoms with Crippen LogP contribution in [0.5, 0.6) is 0 Å². The maximum absolute atomic E-state index is 13.2. The molecule has 3 nitrogen and oxygen atoms in total. The van der Waals surface area contributed by atoms with Crippen LogP contribution in [0.2, 0.25) is 0 Å². The van der Waals surface area contributed by atoms with Crippen LogP contribution in [0.15, 0.2) is 34.8 Å². The molecule has 0 aliphatic carbocycles. The molecule has 0 aliphatic heterocycles. The number of nitrogens with one attached hydrogen (secondary N) is 1. The SMILES string of the molecule is CC(C)=CCN=C(N)Nc1cc(F)ccc1F.I. The summed E-state index contributed by atoms with van der Waals surface area (Å²) in [5.74, 6) is -1.07. The molecule has 0 aliphatic rings. The molecule has 0 aromatic heterocycles. The average Bonchev–Trinajstić information content (AvgIpc) is 2.23. The summed E-state index contributed by atoms with van der Waals surface area (Å²) < 4.78 is 26.1. The van der Waals surface area contributed by atoms with Crippen molar-refractivity contribution in [3.8, 4) is 0 Å². The maximum atomic E-state index is 13.2. The average molecular weight is 367 g/mol. The van der Waals surface area contributed by atoms with E-state index >= 15 is 0 Å². The minimum Gasteiger partial charge on any atom is -0.370 e. The van der Waals surface area contributed by atoms with Crippen LogP contribution in [0, 0.1) is 11.6 Å². The number of anilines is 1. The Bertz CT molecular complexity index is 455. The third-order valence-corrected chi connectivity index (χ3v) is 1.95. The van der Waals surface area contributed by atoms with Gasteiger partial charge in [0.05, 0.1) is 12.2 Å². The Hall–Kier alpha value is -1.18. The second-order valence-corrected chi connectivity index (χ2v) is 3.76. The van der Waals surface area contributed by atoms with Gasteiger partial charge in [0.2, 0.25) is 0 Å². The summed E-state index contributed by atoms with van der Waals surface area (Å²) in [6.07, 6.45) is 1.87. The van der Waals surface area contributed by atoms with Gasteiger partial charge in [-0.05, 0) is 26.0 Å². The Kier molecular flexibility index (Phi) is 7.49. The molecule has 1 aromatic carbocycles. The first-order valence-corrected chi connectivity index (χ1v) is 5.14. The summed E-state index contributed by atoms with van der Waals surface area (Å²) >= 11 is 0. The predicted molar refractivity (Wildman–Crippen MR) is 81.3 cm³/mol. The smallest absolute Gasteiger partial charge is 0.193 e. The van der Waals surface area contributed by atoms with E-state index in [1.165, 1.54) is 0 Å². The molecule has 1 rings (SSSR count). The Morgan fingerprint density at radius 2 is 2.06 bits per heavy atom. The number of benzene rings is 1. The summed E-state index contributed by atoms with van der Waals surface area (Å²) in [5, 5.41) is 2.51. The summed E-state index contributed by atoms with van der Waals surface area (Å²) in [5.41, 5.74) is 6.62. The van der Waals surface area contributed by atoms with E-state index in [2.05, 4.69) is 10.3 Å². The van der Waals surface area contributed by atoms with E-state index in [0.717, 1.165) is 23.8 Å². The molecular formula is C12H16F2IN3. The zero-order valence-electron chi connectivity index (χ0n) is 10.2. The fourth-order valence-electron chi connectivity index (χ4n) is 1.10. The van der Waals surface area contributed by atoms with Crippen molar-refractivity contribution in [2.75, 3.05) is 11.9 Å². The molecule has 1 aromatic rings. The number of allylic oxidation sites excluding steroid dienone is 1. The molecule has 6 heteroatoms. The second-order valence-electron chi connectivity index (χ2n) is 3.76. The van der Waals surface area contributed by atoms with E-state index in [-0.39, 0.29) is 35.6 Å². The quantitative estimate of drug-likeness (QED) is 0.373. The van der Waals surface area contributed by atoms with Gasteiger partial charge in [0.1, 0.15) is 11.6 Å². The topological polar surface area (TPSA) is 50.4 Å². The van der Waals surface area contributed by atoms with Crippen molar-refractivity contribution in [3.63, 3.8) is 0 Å². The molecule has 0 amide bonds. The number of hydrogen-bond acceptors (Lipinski definition) is 1. The third kappa shape index (κ3) is 5.95. The van der Waals surface area contributed by atoms with Crippen LogP contribution in [0.25, 0.3) is 0 Å². The standard InChI is InChI=1S/C12H15F2N3.HI/c1-8(2)5-6-16-12(15)17-11-7-9(13)3-4-10(11)14;/h3-5,7H,6H2,1-2H3,(H3,15,16,17);1H. The van der Waals surface area contributed by atoms with E-state index < -0.39 is 11.6 Å². The molecular weight excluding hydrogens is 351 g/mol. The predicted octanol–water partition coefficient (Wildman–Crippen LogP) is 3.28. The zero-order chi connectivity index (χ0) is 12.8. The lowest BCUT2D eigenvalue weighted by Gasteiger charge is -2.06. The summed E-state index contributed by atoms with van der Waals surface area (Å²) in [6.45, 7) is 4.27. The molecule has 0 heterocycles. The number of halogens is 3. The van der Waals surface area contributed by atoms with E-state index in [4.69, 9.17) is 5.73 Å². The molecule has 0 spiro atoms. The van der Waals surface area contributed by atoms with Crippen LogP contribution in [0.1, 0.15) is 13.8 Å². The maximum Gasteiger partial charge on any atom is 0.193 e. The third-order valence-electron chi connectivity index (χ3n) is 1.95. The lowest BCUT2D eigenvalue weighted by atomic mass is 10.3. The Labute approximate surface area is 122 Å². The van der Waals surface area contributed by atoms with Crippen molar-refractivity contribution in [2.24, 2.45) is 10.7 Å². The number of rotatable bonds is 3. The van der Waals surface area contributed by atoms with Crippen molar-refractivity contribution in [3.05, 3.63) is 41.5 Å². The molecule has 0 saturated heterocycles. The molecule has 3 N–H and O–H groups in total. The fourth-order valence-corrected chi connectivity index (χ4v) is 1.10. The van der Waals surface area contributed by atoms with Crippen LogP contribution in [-0.2, 0) is 0 Å². The van der Waals surface area contributed by atoms with Gasteiger partial charge >= 0.3 is 0 Å². The van der Waals surface area contributed by atoms with Gasteiger partial charge in [-0.2, -0.15) is 0 Å². The van der Waals surface area contributed by atoms with Crippen molar-refractivity contribution >= 4 is 35.6 Å². The van der Waals surface area contributed by atoms with Crippen LogP contribution < -0.4 is 11.1 Å². The largest absolute Gasteiger partial charge is 0.370 e. The van der Waals surface area contributed by atoms with Crippen molar-refractivity contribution in [2.45, 2.75) is 13.8 Å². The Balaban J connectivity index is 0.00000289. The first-order chi connectivity index (χ1) is 7.99. The van der Waals surface area contributed by atoms with E-state index in [9.17, 15) is 8.78 Å². The monoisotopic (exact) mass is 367 g/mol. The highest BCUT2D eigenvalue weighted by molar-refractivity contribution is 14.0. The molecule has 0 atom stereocenters. The molecule has 0 radical (unpaired) electrons.